The summed E-state index contributed by atoms with van der Waals surface area (Å²) in [6.45, 7) is 4.42. The van der Waals surface area contributed by atoms with E-state index >= 15 is 0 Å². The van der Waals surface area contributed by atoms with Gasteiger partial charge in [0.05, 0.1) is 6.04 Å². The van der Waals surface area contributed by atoms with Crippen LogP contribution in [0.4, 0.5) is 0 Å². The van der Waals surface area contributed by atoms with Gasteiger partial charge in [-0.15, -0.1) is 0 Å². The molecule has 1 atom stereocenters. The van der Waals surface area contributed by atoms with Crippen molar-refractivity contribution in [3.8, 4) is 0 Å². The SMILES string of the molecule is CNC(c1ccc(C(C)C)cc1)c1ccc(Cl)cc1Br. The second-order valence-corrected chi connectivity index (χ2v) is 6.50. The molecule has 0 radical (unpaired) electrons. The minimum absolute atomic E-state index is 0.155. The molecule has 2 aromatic carbocycles. The van der Waals surface area contributed by atoms with E-state index < -0.39 is 0 Å². The molecule has 0 saturated heterocycles. The number of benzene rings is 2. The fourth-order valence-corrected chi connectivity index (χ4v) is 3.22. The van der Waals surface area contributed by atoms with Crippen LogP contribution in [0.15, 0.2) is 46.9 Å². The summed E-state index contributed by atoms with van der Waals surface area (Å²) in [5.74, 6) is 0.555. The minimum atomic E-state index is 0.155. The van der Waals surface area contributed by atoms with Gasteiger partial charge in [-0.1, -0.05) is 71.7 Å². The van der Waals surface area contributed by atoms with Gasteiger partial charge in [0.25, 0.3) is 0 Å². The Kier molecular flexibility index (Phi) is 5.25. The van der Waals surface area contributed by atoms with E-state index in [4.69, 9.17) is 11.6 Å². The van der Waals surface area contributed by atoms with E-state index in [1.807, 2.05) is 19.2 Å². The number of hydrogen-bond acceptors (Lipinski definition) is 1. The highest BCUT2D eigenvalue weighted by molar-refractivity contribution is 9.10. The van der Waals surface area contributed by atoms with E-state index in [-0.39, 0.29) is 6.04 Å². The molecule has 0 spiro atoms. The topological polar surface area (TPSA) is 12.0 Å². The van der Waals surface area contributed by atoms with Crippen molar-refractivity contribution in [3.05, 3.63) is 68.7 Å². The van der Waals surface area contributed by atoms with Gasteiger partial charge in [0.15, 0.2) is 0 Å². The van der Waals surface area contributed by atoms with Crippen molar-refractivity contribution in [3.63, 3.8) is 0 Å². The van der Waals surface area contributed by atoms with E-state index in [2.05, 4.69) is 65.4 Å². The predicted octanol–water partition coefficient (Wildman–Crippen LogP) is 5.53. The molecule has 0 amide bonds. The van der Waals surface area contributed by atoms with Crippen LogP contribution >= 0.6 is 27.5 Å². The Balaban J connectivity index is 2.36. The number of rotatable bonds is 4. The molecule has 0 heterocycles. The van der Waals surface area contributed by atoms with Crippen LogP contribution in [-0.2, 0) is 0 Å². The zero-order valence-corrected chi connectivity index (χ0v) is 14.3. The van der Waals surface area contributed by atoms with Crippen molar-refractivity contribution in [2.45, 2.75) is 25.8 Å². The first kappa shape index (κ1) is 15.6. The molecule has 0 saturated carbocycles. The van der Waals surface area contributed by atoms with E-state index in [0.29, 0.717) is 5.92 Å². The number of halogens is 2. The second-order valence-electron chi connectivity index (χ2n) is 5.21. The lowest BCUT2D eigenvalue weighted by Crippen LogP contribution is -2.18. The van der Waals surface area contributed by atoms with Gasteiger partial charge in [-0.2, -0.15) is 0 Å². The molecule has 106 valence electrons. The molecule has 1 nitrogen and oxygen atoms in total. The maximum absolute atomic E-state index is 6.02. The van der Waals surface area contributed by atoms with Crippen LogP contribution in [0.3, 0.4) is 0 Å². The Morgan fingerprint density at radius 2 is 1.60 bits per heavy atom. The molecule has 0 bridgehead atoms. The van der Waals surface area contributed by atoms with Gasteiger partial charge in [-0.05, 0) is 41.8 Å². The Labute approximate surface area is 134 Å². The van der Waals surface area contributed by atoms with Crippen molar-refractivity contribution in [2.75, 3.05) is 7.05 Å². The van der Waals surface area contributed by atoms with Crippen molar-refractivity contribution in [1.82, 2.24) is 5.32 Å². The predicted molar refractivity (Wildman–Crippen MR) is 90.6 cm³/mol. The molecule has 3 heteroatoms. The Morgan fingerprint density at radius 1 is 1.00 bits per heavy atom. The molecule has 0 aliphatic heterocycles. The van der Waals surface area contributed by atoms with Crippen LogP contribution in [0.25, 0.3) is 0 Å². The monoisotopic (exact) mass is 351 g/mol. The smallest absolute Gasteiger partial charge is 0.0585 e. The highest BCUT2D eigenvalue weighted by atomic mass is 79.9. The molecular formula is C17H19BrClN. The fourth-order valence-electron chi connectivity index (χ4n) is 2.31. The molecule has 1 unspecified atom stereocenters. The van der Waals surface area contributed by atoms with Crippen LogP contribution in [-0.4, -0.2) is 7.05 Å². The highest BCUT2D eigenvalue weighted by Gasteiger charge is 2.15. The molecule has 2 rings (SSSR count). The summed E-state index contributed by atoms with van der Waals surface area (Å²) in [4.78, 5) is 0. The first-order valence-electron chi connectivity index (χ1n) is 6.75. The molecule has 0 aliphatic rings. The zero-order valence-electron chi connectivity index (χ0n) is 12.0. The molecule has 20 heavy (non-hydrogen) atoms. The largest absolute Gasteiger partial charge is 0.309 e. The van der Waals surface area contributed by atoms with Crippen LogP contribution in [0, 0.1) is 0 Å². The Hall–Kier alpha value is -0.830. The van der Waals surface area contributed by atoms with Crippen molar-refractivity contribution in [2.24, 2.45) is 0 Å². The standard InChI is InChI=1S/C17H19BrClN/c1-11(2)12-4-6-13(7-5-12)17(20-3)15-9-8-14(19)10-16(15)18/h4-11,17,20H,1-3H3. The second kappa shape index (κ2) is 6.75. The van der Waals surface area contributed by atoms with Crippen molar-refractivity contribution < 1.29 is 0 Å². The average molecular weight is 353 g/mol. The van der Waals surface area contributed by atoms with Crippen LogP contribution in [0.1, 0.15) is 42.5 Å². The summed E-state index contributed by atoms with van der Waals surface area (Å²) >= 11 is 9.62. The van der Waals surface area contributed by atoms with Gasteiger partial charge in [0.1, 0.15) is 0 Å². The van der Waals surface area contributed by atoms with Crippen molar-refractivity contribution >= 4 is 27.5 Å². The first-order valence-corrected chi connectivity index (χ1v) is 7.92. The number of nitrogens with one attached hydrogen (secondary N) is 1. The zero-order chi connectivity index (χ0) is 14.7. The molecular weight excluding hydrogens is 334 g/mol. The number of hydrogen-bond donors (Lipinski definition) is 1. The third-order valence-corrected chi connectivity index (χ3v) is 4.42. The Bertz CT molecular complexity index is 578. The fraction of sp³-hybridized carbons (Fsp3) is 0.294. The maximum atomic E-state index is 6.02. The molecule has 1 N–H and O–H groups in total. The summed E-state index contributed by atoms with van der Waals surface area (Å²) in [6, 6.07) is 14.9. The summed E-state index contributed by atoms with van der Waals surface area (Å²) in [5.41, 5.74) is 3.80. The lowest BCUT2D eigenvalue weighted by molar-refractivity contribution is 0.688. The quantitative estimate of drug-likeness (QED) is 0.762. The summed E-state index contributed by atoms with van der Waals surface area (Å²) < 4.78 is 1.03. The lowest BCUT2D eigenvalue weighted by Gasteiger charge is -2.19. The van der Waals surface area contributed by atoms with Crippen LogP contribution in [0.5, 0.6) is 0 Å². The minimum Gasteiger partial charge on any atom is -0.309 e. The third-order valence-electron chi connectivity index (χ3n) is 3.50. The molecule has 2 aromatic rings. The third kappa shape index (κ3) is 3.43. The summed E-state index contributed by atoms with van der Waals surface area (Å²) in [7, 11) is 1.97. The summed E-state index contributed by atoms with van der Waals surface area (Å²) in [6.07, 6.45) is 0. The van der Waals surface area contributed by atoms with Gasteiger partial charge >= 0.3 is 0 Å². The van der Waals surface area contributed by atoms with Gasteiger partial charge < -0.3 is 5.32 Å². The van der Waals surface area contributed by atoms with E-state index in [1.54, 1.807) is 0 Å². The molecule has 0 fully saturated rings. The average Bonchev–Trinajstić information content (AvgIpc) is 2.42. The first-order chi connectivity index (χ1) is 9.52. The van der Waals surface area contributed by atoms with E-state index in [0.717, 1.165) is 9.50 Å². The lowest BCUT2D eigenvalue weighted by atomic mass is 9.95. The molecule has 0 aliphatic carbocycles. The maximum Gasteiger partial charge on any atom is 0.0585 e. The normalized spacial score (nSPS) is 12.7. The highest BCUT2D eigenvalue weighted by Crippen LogP contribution is 2.31. The van der Waals surface area contributed by atoms with Gasteiger partial charge in [-0.3, -0.25) is 0 Å². The van der Waals surface area contributed by atoms with Gasteiger partial charge in [-0.25, -0.2) is 0 Å². The molecule has 0 aromatic heterocycles. The summed E-state index contributed by atoms with van der Waals surface area (Å²) in [5, 5.41) is 4.11. The van der Waals surface area contributed by atoms with E-state index in [1.165, 1.54) is 16.7 Å². The Morgan fingerprint density at radius 3 is 2.10 bits per heavy atom. The van der Waals surface area contributed by atoms with Crippen LogP contribution in [0.2, 0.25) is 5.02 Å². The van der Waals surface area contributed by atoms with Gasteiger partial charge in [0.2, 0.25) is 0 Å². The van der Waals surface area contributed by atoms with E-state index in [9.17, 15) is 0 Å². The van der Waals surface area contributed by atoms with Crippen LogP contribution < -0.4 is 5.32 Å². The van der Waals surface area contributed by atoms with Crippen molar-refractivity contribution in [1.29, 1.82) is 0 Å². The van der Waals surface area contributed by atoms with Gasteiger partial charge in [0, 0.05) is 9.50 Å².